The van der Waals surface area contributed by atoms with Gasteiger partial charge in [0.25, 0.3) is 0 Å². The first-order valence-electron chi connectivity index (χ1n) is 5.65. The Morgan fingerprint density at radius 3 is 3.12 bits per heavy atom. The molecule has 82 valence electrons. The van der Waals surface area contributed by atoms with E-state index < -0.39 is 5.97 Å². The number of hydrogen-bond donors (Lipinski definition) is 1. The Kier molecular flexibility index (Phi) is 2.06. The average Bonchev–Trinajstić information content (AvgIpc) is 2.66. The van der Waals surface area contributed by atoms with Crippen molar-refractivity contribution < 1.29 is 9.90 Å². The van der Waals surface area contributed by atoms with E-state index in [1.807, 2.05) is 12.2 Å². The lowest BCUT2D eigenvalue weighted by Crippen LogP contribution is -2.22. The van der Waals surface area contributed by atoms with Crippen molar-refractivity contribution in [2.24, 2.45) is 10.9 Å². The van der Waals surface area contributed by atoms with Crippen LogP contribution >= 0.6 is 0 Å². The summed E-state index contributed by atoms with van der Waals surface area (Å²) in [7, 11) is 0. The lowest BCUT2D eigenvalue weighted by molar-refractivity contribution is -0.141. The van der Waals surface area contributed by atoms with E-state index in [9.17, 15) is 4.79 Å². The van der Waals surface area contributed by atoms with Crippen molar-refractivity contribution in [1.29, 1.82) is 0 Å². The fourth-order valence-corrected chi connectivity index (χ4v) is 2.64. The average molecular weight is 215 g/mol. The molecule has 1 heterocycles. The molecule has 0 amide bonds. The molecule has 1 aliphatic heterocycles. The van der Waals surface area contributed by atoms with Crippen LogP contribution in [0.15, 0.2) is 40.1 Å². The number of fused-ring (bicyclic) bond motifs is 2. The Morgan fingerprint density at radius 1 is 1.44 bits per heavy atom. The van der Waals surface area contributed by atoms with Gasteiger partial charge in [0.05, 0.1) is 11.6 Å². The molecule has 3 nitrogen and oxygen atoms in total. The molecule has 0 saturated heterocycles. The molecule has 0 spiro atoms. The van der Waals surface area contributed by atoms with Crippen LogP contribution < -0.4 is 0 Å². The molecule has 16 heavy (non-hydrogen) atoms. The summed E-state index contributed by atoms with van der Waals surface area (Å²) in [5.74, 6) is -0.886. The van der Waals surface area contributed by atoms with E-state index >= 15 is 0 Å². The molecule has 0 aromatic heterocycles. The minimum atomic E-state index is -0.670. The van der Waals surface area contributed by atoms with Crippen LogP contribution in [0.4, 0.5) is 0 Å². The number of aliphatic carboxylic acids is 1. The van der Waals surface area contributed by atoms with Gasteiger partial charge in [-0.25, -0.2) is 0 Å². The fourth-order valence-electron chi connectivity index (χ4n) is 2.64. The van der Waals surface area contributed by atoms with E-state index in [1.165, 1.54) is 11.1 Å². The number of carboxylic acids is 1. The number of allylic oxidation sites excluding steroid dienone is 5. The van der Waals surface area contributed by atoms with Crippen LogP contribution in [0.3, 0.4) is 0 Å². The first kappa shape index (κ1) is 9.58. The Bertz CT molecular complexity index is 480. The summed E-state index contributed by atoms with van der Waals surface area (Å²) in [6.07, 6.45) is 9.26. The summed E-state index contributed by atoms with van der Waals surface area (Å²) in [5, 5.41) is 9.06. The smallest absolute Gasteiger partial charge is 0.306 e. The van der Waals surface area contributed by atoms with Gasteiger partial charge in [-0.2, -0.15) is 0 Å². The SMILES string of the molecule is O=C(O)C1CCC2=NC3=CC=CCC3=C2C1. The predicted octanol–water partition coefficient (Wildman–Crippen LogP) is 2.47. The molecular weight excluding hydrogens is 202 g/mol. The third kappa shape index (κ3) is 1.35. The maximum absolute atomic E-state index is 11.0. The lowest BCUT2D eigenvalue weighted by Gasteiger charge is -2.21. The number of rotatable bonds is 1. The third-order valence-corrected chi connectivity index (χ3v) is 3.52. The summed E-state index contributed by atoms with van der Waals surface area (Å²) >= 11 is 0. The van der Waals surface area contributed by atoms with Gasteiger partial charge in [0.1, 0.15) is 0 Å². The number of carboxylic acid groups (broad SMARTS) is 1. The number of hydrogen-bond acceptors (Lipinski definition) is 2. The third-order valence-electron chi connectivity index (χ3n) is 3.52. The fraction of sp³-hybridized carbons (Fsp3) is 0.385. The Labute approximate surface area is 93.9 Å². The number of carbonyl (C=O) groups is 1. The van der Waals surface area contributed by atoms with Crippen molar-refractivity contribution in [2.45, 2.75) is 25.7 Å². The van der Waals surface area contributed by atoms with Crippen LogP contribution in [0.2, 0.25) is 0 Å². The molecule has 1 atom stereocenters. The summed E-state index contributed by atoms with van der Waals surface area (Å²) < 4.78 is 0. The molecule has 0 aromatic carbocycles. The van der Waals surface area contributed by atoms with Gasteiger partial charge in [-0.1, -0.05) is 12.2 Å². The molecule has 0 aromatic rings. The summed E-state index contributed by atoms with van der Waals surface area (Å²) in [6, 6.07) is 0. The van der Waals surface area contributed by atoms with Crippen molar-refractivity contribution in [3.8, 4) is 0 Å². The first-order valence-corrected chi connectivity index (χ1v) is 5.65. The highest BCUT2D eigenvalue weighted by Crippen LogP contribution is 2.39. The monoisotopic (exact) mass is 215 g/mol. The van der Waals surface area contributed by atoms with E-state index in [2.05, 4.69) is 11.1 Å². The molecule has 1 saturated carbocycles. The molecular formula is C13H13NO2. The lowest BCUT2D eigenvalue weighted by atomic mass is 9.82. The van der Waals surface area contributed by atoms with Gasteiger partial charge in [0, 0.05) is 5.71 Å². The second kappa shape index (κ2) is 3.44. The molecule has 0 bridgehead atoms. The maximum atomic E-state index is 11.0. The van der Waals surface area contributed by atoms with Gasteiger partial charge >= 0.3 is 5.97 Å². The van der Waals surface area contributed by atoms with Crippen molar-refractivity contribution in [3.63, 3.8) is 0 Å². The van der Waals surface area contributed by atoms with Crippen molar-refractivity contribution >= 4 is 11.7 Å². The molecule has 0 radical (unpaired) electrons. The number of aliphatic imine (C=N–C) groups is 1. The van der Waals surface area contributed by atoms with E-state index in [1.54, 1.807) is 0 Å². The van der Waals surface area contributed by atoms with Crippen molar-refractivity contribution in [1.82, 2.24) is 0 Å². The van der Waals surface area contributed by atoms with Crippen LogP contribution in [-0.2, 0) is 4.79 Å². The second-order valence-corrected chi connectivity index (χ2v) is 4.48. The zero-order valence-electron chi connectivity index (χ0n) is 8.94. The van der Waals surface area contributed by atoms with Crippen molar-refractivity contribution in [2.75, 3.05) is 0 Å². The molecule has 1 N–H and O–H groups in total. The van der Waals surface area contributed by atoms with Gasteiger partial charge < -0.3 is 5.11 Å². The largest absolute Gasteiger partial charge is 0.481 e. The highest BCUT2D eigenvalue weighted by atomic mass is 16.4. The van der Waals surface area contributed by atoms with Gasteiger partial charge in [0.15, 0.2) is 0 Å². The maximum Gasteiger partial charge on any atom is 0.306 e. The minimum Gasteiger partial charge on any atom is -0.481 e. The standard InChI is InChI=1S/C13H13NO2/c15-13(16)8-5-6-12-10(7-8)9-3-1-2-4-11(9)14-12/h1-2,4,8H,3,5-7H2,(H,15,16). The molecule has 3 rings (SSSR count). The Morgan fingerprint density at radius 2 is 2.31 bits per heavy atom. The Balaban J connectivity index is 1.97. The van der Waals surface area contributed by atoms with E-state index in [-0.39, 0.29) is 5.92 Å². The van der Waals surface area contributed by atoms with E-state index in [0.29, 0.717) is 6.42 Å². The number of nitrogens with zero attached hydrogens (tertiary/aromatic N) is 1. The molecule has 2 aliphatic carbocycles. The van der Waals surface area contributed by atoms with Crippen molar-refractivity contribution in [3.05, 3.63) is 35.1 Å². The minimum absolute atomic E-state index is 0.216. The molecule has 1 fully saturated rings. The summed E-state index contributed by atoms with van der Waals surface area (Å²) in [4.78, 5) is 15.6. The zero-order chi connectivity index (χ0) is 11.1. The second-order valence-electron chi connectivity index (χ2n) is 4.48. The normalized spacial score (nSPS) is 27.1. The van der Waals surface area contributed by atoms with Crippen LogP contribution in [0, 0.1) is 5.92 Å². The van der Waals surface area contributed by atoms with Crippen LogP contribution in [0.25, 0.3) is 0 Å². The Hall–Kier alpha value is -1.64. The predicted molar refractivity (Wildman–Crippen MR) is 61.3 cm³/mol. The van der Waals surface area contributed by atoms with Crippen LogP contribution in [-0.4, -0.2) is 16.8 Å². The van der Waals surface area contributed by atoms with Gasteiger partial charge in [-0.3, -0.25) is 9.79 Å². The molecule has 3 heteroatoms. The zero-order valence-corrected chi connectivity index (χ0v) is 8.94. The van der Waals surface area contributed by atoms with E-state index in [4.69, 9.17) is 5.11 Å². The van der Waals surface area contributed by atoms with Crippen LogP contribution in [0.1, 0.15) is 25.7 Å². The molecule has 3 aliphatic rings. The summed E-state index contributed by atoms with van der Waals surface area (Å²) in [5.41, 5.74) is 4.64. The van der Waals surface area contributed by atoms with Gasteiger partial charge in [-0.05, 0) is 42.9 Å². The quantitative estimate of drug-likeness (QED) is 0.730. The summed E-state index contributed by atoms with van der Waals surface area (Å²) in [6.45, 7) is 0. The van der Waals surface area contributed by atoms with Crippen LogP contribution in [0.5, 0.6) is 0 Å². The van der Waals surface area contributed by atoms with Gasteiger partial charge in [-0.15, -0.1) is 0 Å². The van der Waals surface area contributed by atoms with E-state index in [0.717, 1.165) is 30.7 Å². The topological polar surface area (TPSA) is 49.7 Å². The highest BCUT2D eigenvalue weighted by molar-refractivity contribution is 6.06. The molecule has 1 unspecified atom stereocenters. The first-order chi connectivity index (χ1) is 7.75. The van der Waals surface area contributed by atoms with Gasteiger partial charge in [0.2, 0.25) is 0 Å². The highest BCUT2D eigenvalue weighted by Gasteiger charge is 2.32.